The van der Waals surface area contributed by atoms with Crippen molar-refractivity contribution in [3.05, 3.63) is 47.8 Å². The molecule has 0 fully saturated rings. The van der Waals surface area contributed by atoms with Crippen LogP contribution in [-0.2, 0) is 0 Å². The molecule has 1 aromatic carbocycles. The average Bonchev–Trinajstić information content (AvgIpc) is 2.80. The van der Waals surface area contributed by atoms with Gasteiger partial charge in [-0.1, -0.05) is 5.21 Å². The van der Waals surface area contributed by atoms with Gasteiger partial charge in [0.05, 0.1) is 11.8 Å². The Balaban J connectivity index is 2.31. The second-order valence-electron chi connectivity index (χ2n) is 3.55. The van der Waals surface area contributed by atoms with Crippen LogP contribution in [0.5, 0.6) is 0 Å². The molecule has 88 valence electrons. The molecule has 0 saturated heterocycles. The van der Waals surface area contributed by atoms with Gasteiger partial charge >= 0.3 is 0 Å². The Morgan fingerprint density at radius 2 is 2.18 bits per heavy atom. The topological polar surface area (TPSA) is 47.8 Å². The summed E-state index contributed by atoms with van der Waals surface area (Å²) in [6.07, 6.45) is 2.93. The van der Waals surface area contributed by atoms with Crippen LogP contribution in [0.25, 0.3) is 0 Å². The molecule has 1 heterocycles. The highest BCUT2D eigenvalue weighted by molar-refractivity contribution is 5.98. The van der Waals surface area contributed by atoms with Crippen molar-refractivity contribution in [1.29, 1.82) is 0 Å². The largest absolute Gasteiger partial charge is 0.292 e. The summed E-state index contributed by atoms with van der Waals surface area (Å²) < 4.78 is 27.4. The molecule has 0 N–H and O–H groups in total. The van der Waals surface area contributed by atoms with E-state index >= 15 is 0 Å². The van der Waals surface area contributed by atoms with Gasteiger partial charge in [0.2, 0.25) is 0 Å². The average molecular weight is 237 g/mol. The summed E-state index contributed by atoms with van der Waals surface area (Å²) in [5, 5.41) is 7.22. The van der Waals surface area contributed by atoms with E-state index in [1.165, 1.54) is 17.1 Å². The molecule has 0 spiro atoms. The van der Waals surface area contributed by atoms with Crippen molar-refractivity contribution in [3.8, 4) is 0 Å². The Labute approximate surface area is 95.9 Å². The summed E-state index contributed by atoms with van der Waals surface area (Å²) in [5.74, 6) is -2.07. The molecule has 2 aromatic rings. The maximum absolute atomic E-state index is 13.4. The van der Waals surface area contributed by atoms with Crippen LogP contribution in [0, 0.1) is 11.6 Å². The first kappa shape index (κ1) is 11.4. The third-order valence-corrected chi connectivity index (χ3v) is 2.41. The van der Waals surface area contributed by atoms with Crippen LogP contribution in [0.1, 0.15) is 23.3 Å². The van der Waals surface area contributed by atoms with Crippen LogP contribution < -0.4 is 0 Å². The highest BCUT2D eigenvalue weighted by Crippen LogP contribution is 2.16. The molecule has 0 aliphatic carbocycles. The molecular weight excluding hydrogens is 228 g/mol. The van der Waals surface area contributed by atoms with E-state index in [4.69, 9.17) is 0 Å². The van der Waals surface area contributed by atoms with Crippen molar-refractivity contribution in [2.75, 3.05) is 0 Å². The predicted molar refractivity (Wildman–Crippen MR) is 55.4 cm³/mol. The first-order valence-corrected chi connectivity index (χ1v) is 4.94. The van der Waals surface area contributed by atoms with Gasteiger partial charge in [0.1, 0.15) is 17.7 Å². The minimum absolute atomic E-state index is 0.158. The van der Waals surface area contributed by atoms with E-state index in [2.05, 4.69) is 10.3 Å². The van der Waals surface area contributed by atoms with Crippen molar-refractivity contribution in [2.24, 2.45) is 0 Å². The molecule has 1 unspecified atom stereocenters. The molecule has 0 aliphatic rings. The maximum atomic E-state index is 13.4. The van der Waals surface area contributed by atoms with Crippen molar-refractivity contribution >= 4 is 5.78 Å². The zero-order valence-corrected chi connectivity index (χ0v) is 8.97. The number of ketones is 1. The van der Waals surface area contributed by atoms with E-state index in [1.807, 2.05) is 0 Å². The number of hydrogen-bond donors (Lipinski definition) is 0. The lowest BCUT2D eigenvalue weighted by Gasteiger charge is -2.10. The molecule has 0 amide bonds. The summed E-state index contributed by atoms with van der Waals surface area (Å²) in [5.41, 5.74) is -0.158. The lowest BCUT2D eigenvalue weighted by atomic mass is 10.1. The van der Waals surface area contributed by atoms with Gasteiger partial charge in [-0.3, -0.25) is 4.79 Å². The van der Waals surface area contributed by atoms with E-state index in [-0.39, 0.29) is 5.56 Å². The molecule has 0 aliphatic heterocycles. The van der Waals surface area contributed by atoms with E-state index in [9.17, 15) is 13.6 Å². The first-order valence-electron chi connectivity index (χ1n) is 4.94. The van der Waals surface area contributed by atoms with Gasteiger partial charge in [0.15, 0.2) is 5.78 Å². The maximum Gasteiger partial charge on any atom is 0.190 e. The lowest BCUT2D eigenvalue weighted by molar-refractivity contribution is 0.0922. The van der Waals surface area contributed by atoms with Gasteiger partial charge in [0.25, 0.3) is 0 Å². The van der Waals surface area contributed by atoms with Gasteiger partial charge < -0.3 is 0 Å². The molecule has 0 radical (unpaired) electrons. The van der Waals surface area contributed by atoms with Crippen molar-refractivity contribution < 1.29 is 13.6 Å². The predicted octanol–water partition coefficient (Wildman–Crippen LogP) is 2.00. The van der Waals surface area contributed by atoms with Crippen LogP contribution in [-0.4, -0.2) is 20.8 Å². The summed E-state index contributed by atoms with van der Waals surface area (Å²) in [6.45, 7) is 1.57. The molecule has 4 nitrogen and oxygen atoms in total. The Morgan fingerprint density at radius 3 is 2.76 bits per heavy atom. The number of halogens is 2. The second kappa shape index (κ2) is 4.40. The quantitative estimate of drug-likeness (QED) is 0.767. The van der Waals surface area contributed by atoms with E-state index in [0.29, 0.717) is 6.07 Å². The molecule has 2 rings (SSSR count). The normalized spacial score (nSPS) is 12.4. The summed E-state index contributed by atoms with van der Waals surface area (Å²) in [4.78, 5) is 11.9. The molecule has 6 heteroatoms. The fraction of sp³-hybridized carbons (Fsp3) is 0.182. The summed E-state index contributed by atoms with van der Waals surface area (Å²) >= 11 is 0. The fourth-order valence-electron chi connectivity index (χ4n) is 1.46. The highest BCUT2D eigenvalue weighted by atomic mass is 19.1. The molecule has 1 aromatic heterocycles. The molecular formula is C11H9F2N3O. The number of benzene rings is 1. The molecule has 0 saturated carbocycles. The Kier molecular flexibility index (Phi) is 2.95. The third-order valence-electron chi connectivity index (χ3n) is 2.41. The number of nitrogens with zero attached hydrogens (tertiary/aromatic N) is 3. The van der Waals surface area contributed by atoms with Crippen molar-refractivity contribution in [2.45, 2.75) is 13.0 Å². The van der Waals surface area contributed by atoms with Crippen LogP contribution in [0.15, 0.2) is 30.6 Å². The summed E-state index contributed by atoms with van der Waals surface area (Å²) in [7, 11) is 0. The van der Waals surface area contributed by atoms with Crippen LogP contribution in [0.3, 0.4) is 0 Å². The Bertz CT molecular complexity index is 540. The lowest BCUT2D eigenvalue weighted by Crippen LogP contribution is -2.18. The second-order valence-corrected chi connectivity index (χ2v) is 3.55. The van der Waals surface area contributed by atoms with Crippen LogP contribution in [0.4, 0.5) is 8.78 Å². The standard InChI is InChI=1S/C11H9F2N3O/c1-7(16-5-4-14-15-16)11(17)9-3-2-8(12)6-10(9)13/h2-7H,1H3. The number of rotatable bonds is 3. The zero-order chi connectivity index (χ0) is 12.4. The molecule has 17 heavy (non-hydrogen) atoms. The minimum Gasteiger partial charge on any atom is -0.292 e. The van der Waals surface area contributed by atoms with E-state index in [0.717, 1.165) is 12.1 Å². The van der Waals surface area contributed by atoms with Gasteiger partial charge in [-0.25, -0.2) is 13.5 Å². The van der Waals surface area contributed by atoms with E-state index in [1.54, 1.807) is 6.92 Å². The third kappa shape index (κ3) is 2.20. The SMILES string of the molecule is CC(C(=O)c1ccc(F)cc1F)n1ccnn1. The number of Topliss-reactive ketones (excluding diaryl/α,β-unsaturated/α-hetero) is 1. The number of aromatic nitrogens is 3. The zero-order valence-electron chi connectivity index (χ0n) is 8.97. The highest BCUT2D eigenvalue weighted by Gasteiger charge is 2.20. The van der Waals surface area contributed by atoms with Gasteiger partial charge in [-0.05, 0) is 19.1 Å². The Hall–Kier alpha value is -2.11. The number of carbonyl (C=O) groups is 1. The Morgan fingerprint density at radius 1 is 1.41 bits per heavy atom. The smallest absolute Gasteiger partial charge is 0.190 e. The number of carbonyl (C=O) groups excluding carboxylic acids is 1. The van der Waals surface area contributed by atoms with Crippen LogP contribution >= 0.6 is 0 Å². The number of hydrogen-bond acceptors (Lipinski definition) is 3. The monoisotopic (exact) mass is 237 g/mol. The van der Waals surface area contributed by atoms with Crippen molar-refractivity contribution in [1.82, 2.24) is 15.0 Å². The van der Waals surface area contributed by atoms with E-state index < -0.39 is 23.5 Å². The van der Waals surface area contributed by atoms with Gasteiger partial charge in [-0.15, -0.1) is 5.10 Å². The van der Waals surface area contributed by atoms with Gasteiger partial charge in [0, 0.05) is 12.3 Å². The first-order chi connectivity index (χ1) is 8.09. The summed E-state index contributed by atoms with van der Waals surface area (Å²) in [6, 6.07) is 2.17. The minimum atomic E-state index is -0.873. The molecule has 1 atom stereocenters. The molecule has 0 bridgehead atoms. The fourth-order valence-corrected chi connectivity index (χ4v) is 1.46. The van der Waals surface area contributed by atoms with Gasteiger partial charge in [-0.2, -0.15) is 0 Å². The van der Waals surface area contributed by atoms with Crippen molar-refractivity contribution in [3.63, 3.8) is 0 Å². The van der Waals surface area contributed by atoms with Crippen LogP contribution in [0.2, 0.25) is 0 Å².